The summed E-state index contributed by atoms with van der Waals surface area (Å²) in [6, 6.07) is 6.38. The third-order valence-corrected chi connectivity index (χ3v) is 6.17. The van der Waals surface area contributed by atoms with Crippen LogP contribution >= 0.6 is 0 Å². The molecule has 0 saturated heterocycles. The number of anilines is 1. The van der Waals surface area contributed by atoms with E-state index in [2.05, 4.69) is 38.1 Å². The summed E-state index contributed by atoms with van der Waals surface area (Å²) in [5.41, 5.74) is 4.01. The number of pyridine rings is 2. The summed E-state index contributed by atoms with van der Waals surface area (Å²) in [6.45, 7) is 4.90. The van der Waals surface area contributed by atoms with E-state index in [9.17, 15) is 0 Å². The molecule has 0 radical (unpaired) electrons. The Morgan fingerprint density at radius 1 is 1.16 bits per heavy atom. The molecule has 8 nitrogen and oxygen atoms in total. The van der Waals surface area contributed by atoms with Crippen LogP contribution in [0.25, 0.3) is 22.2 Å². The average molecular weight is 432 g/mol. The van der Waals surface area contributed by atoms with E-state index < -0.39 is 0 Å². The van der Waals surface area contributed by atoms with Gasteiger partial charge in [-0.25, -0.2) is 4.98 Å². The number of nitrogens with zero attached hydrogens (tertiary/aromatic N) is 6. The van der Waals surface area contributed by atoms with Gasteiger partial charge in [0.05, 0.1) is 29.6 Å². The highest BCUT2D eigenvalue weighted by atomic mass is 16.5. The van der Waals surface area contributed by atoms with Crippen LogP contribution in [0.4, 0.5) is 5.82 Å². The molecule has 4 heterocycles. The number of nitrogens with one attached hydrogen (secondary N) is 1. The van der Waals surface area contributed by atoms with E-state index in [-0.39, 0.29) is 6.10 Å². The highest BCUT2D eigenvalue weighted by Gasteiger charge is 2.27. The van der Waals surface area contributed by atoms with Crippen molar-refractivity contribution in [3.8, 4) is 17.0 Å². The van der Waals surface area contributed by atoms with Crippen molar-refractivity contribution < 1.29 is 4.74 Å². The Kier molecular flexibility index (Phi) is 5.51. The number of ether oxygens (including phenoxy) is 1. The maximum atomic E-state index is 6.26. The summed E-state index contributed by atoms with van der Waals surface area (Å²) in [7, 11) is 1.93. The molecule has 8 heteroatoms. The predicted molar refractivity (Wildman–Crippen MR) is 125 cm³/mol. The number of aromatic nitrogens is 6. The number of hydrogen-bond acceptors (Lipinski definition) is 6. The zero-order valence-electron chi connectivity index (χ0n) is 18.8. The summed E-state index contributed by atoms with van der Waals surface area (Å²) < 4.78 is 10.3. The van der Waals surface area contributed by atoms with Crippen molar-refractivity contribution in [2.75, 3.05) is 11.9 Å². The minimum Gasteiger partial charge on any atom is -0.489 e. The maximum absolute atomic E-state index is 6.26. The van der Waals surface area contributed by atoms with Crippen LogP contribution in [0.5, 0.6) is 5.75 Å². The average Bonchev–Trinajstić information content (AvgIpc) is 3.39. The van der Waals surface area contributed by atoms with Crippen LogP contribution < -0.4 is 10.1 Å². The fourth-order valence-corrected chi connectivity index (χ4v) is 4.53. The molecule has 0 spiro atoms. The molecule has 4 aromatic heterocycles. The monoisotopic (exact) mass is 431 g/mol. The SMILES string of the molecule is CCNc1cc2c(cn1)c(-c1cnn(C)c1)nn2[C@H]1CC[C@@H](Oc2cccnc2C)CC1. The first-order chi connectivity index (χ1) is 15.6. The van der Waals surface area contributed by atoms with Gasteiger partial charge in [0.1, 0.15) is 17.3 Å². The number of rotatable bonds is 6. The number of aryl methyl sites for hydroxylation is 2. The molecule has 1 fully saturated rings. The van der Waals surface area contributed by atoms with Crippen molar-refractivity contribution in [3.63, 3.8) is 0 Å². The van der Waals surface area contributed by atoms with Crippen molar-refractivity contribution >= 4 is 16.7 Å². The van der Waals surface area contributed by atoms with Crippen molar-refractivity contribution in [2.45, 2.75) is 51.7 Å². The first-order valence-corrected chi connectivity index (χ1v) is 11.3. The van der Waals surface area contributed by atoms with Gasteiger partial charge in [-0.1, -0.05) is 0 Å². The molecule has 0 amide bonds. The second-order valence-electron chi connectivity index (χ2n) is 8.45. The van der Waals surface area contributed by atoms with Crippen LogP contribution in [-0.2, 0) is 7.05 Å². The molecule has 1 aliphatic rings. The van der Waals surface area contributed by atoms with Gasteiger partial charge in [-0.3, -0.25) is 14.3 Å². The van der Waals surface area contributed by atoms with Crippen LogP contribution in [0.15, 0.2) is 43.0 Å². The molecule has 4 aromatic rings. The van der Waals surface area contributed by atoms with E-state index in [0.29, 0.717) is 6.04 Å². The van der Waals surface area contributed by atoms with Gasteiger partial charge in [-0.05, 0) is 51.7 Å². The van der Waals surface area contributed by atoms with Gasteiger partial charge in [0.25, 0.3) is 0 Å². The second kappa shape index (κ2) is 8.61. The van der Waals surface area contributed by atoms with Gasteiger partial charge in [0.15, 0.2) is 0 Å². The molecule has 0 aliphatic heterocycles. The zero-order valence-corrected chi connectivity index (χ0v) is 18.8. The summed E-state index contributed by atoms with van der Waals surface area (Å²) in [6.07, 6.45) is 11.8. The van der Waals surface area contributed by atoms with Gasteiger partial charge in [-0.2, -0.15) is 10.2 Å². The maximum Gasteiger partial charge on any atom is 0.140 e. The third-order valence-electron chi connectivity index (χ3n) is 6.17. The molecule has 1 saturated carbocycles. The lowest BCUT2D eigenvalue weighted by Gasteiger charge is -2.29. The van der Waals surface area contributed by atoms with Gasteiger partial charge in [0, 0.05) is 49.2 Å². The quantitative estimate of drug-likeness (QED) is 0.483. The zero-order chi connectivity index (χ0) is 22.1. The lowest BCUT2D eigenvalue weighted by molar-refractivity contribution is 0.129. The molecule has 0 unspecified atom stereocenters. The molecule has 0 aromatic carbocycles. The first kappa shape index (κ1) is 20.5. The van der Waals surface area contributed by atoms with Crippen LogP contribution in [0.3, 0.4) is 0 Å². The summed E-state index contributed by atoms with van der Waals surface area (Å²) in [5, 5.41) is 13.8. The largest absolute Gasteiger partial charge is 0.489 e. The number of hydrogen-bond donors (Lipinski definition) is 1. The Morgan fingerprint density at radius 2 is 2.00 bits per heavy atom. The fraction of sp³-hybridized carbons (Fsp3) is 0.417. The lowest BCUT2D eigenvalue weighted by atomic mass is 9.93. The molecule has 1 aliphatic carbocycles. The Bertz CT molecular complexity index is 1220. The highest BCUT2D eigenvalue weighted by molar-refractivity contribution is 5.93. The Balaban J connectivity index is 1.42. The smallest absolute Gasteiger partial charge is 0.140 e. The fourth-order valence-electron chi connectivity index (χ4n) is 4.53. The first-order valence-electron chi connectivity index (χ1n) is 11.3. The van der Waals surface area contributed by atoms with E-state index in [0.717, 1.165) is 71.6 Å². The van der Waals surface area contributed by atoms with Crippen molar-refractivity contribution in [1.82, 2.24) is 29.5 Å². The summed E-state index contributed by atoms with van der Waals surface area (Å²) >= 11 is 0. The van der Waals surface area contributed by atoms with Gasteiger partial charge < -0.3 is 10.1 Å². The van der Waals surface area contributed by atoms with Crippen LogP contribution in [0, 0.1) is 6.92 Å². The van der Waals surface area contributed by atoms with Crippen molar-refractivity contribution in [2.24, 2.45) is 7.05 Å². The van der Waals surface area contributed by atoms with Crippen molar-refractivity contribution in [3.05, 3.63) is 48.7 Å². The summed E-state index contributed by atoms with van der Waals surface area (Å²) in [5.74, 6) is 1.77. The second-order valence-corrected chi connectivity index (χ2v) is 8.45. The topological polar surface area (TPSA) is 82.7 Å². The van der Waals surface area contributed by atoms with E-state index >= 15 is 0 Å². The third kappa shape index (κ3) is 3.92. The van der Waals surface area contributed by atoms with E-state index in [1.54, 1.807) is 6.20 Å². The standard InChI is InChI=1S/C24H29N7O/c1-4-25-23-12-21-20(14-27-23)24(17-13-28-30(3)15-17)29-31(21)18-7-9-19(10-8-18)32-22-6-5-11-26-16(22)2/h5-6,11-15,18-19H,4,7-10H2,1-3H3,(H,25,27)/t18-,19+. The molecule has 166 valence electrons. The van der Waals surface area contributed by atoms with Gasteiger partial charge >= 0.3 is 0 Å². The van der Waals surface area contributed by atoms with Crippen LogP contribution in [0.2, 0.25) is 0 Å². The molecule has 1 N–H and O–H groups in total. The normalized spacial score (nSPS) is 18.7. The highest BCUT2D eigenvalue weighted by Crippen LogP contribution is 2.36. The Morgan fingerprint density at radius 3 is 2.72 bits per heavy atom. The molecule has 5 rings (SSSR count). The molecular weight excluding hydrogens is 402 g/mol. The van der Waals surface area contributed by atoms with Crippen LogP contribution in [0.1, 0.15) is 44.3 Å². The van der Waals surface area contributed by atoms with E-state index in [1.807, 2.05) is 49.4 Å². The van der Waals surface area contributed by atoms with Crippen molar-refractivity contribution in [1.29, 1.82) is 0 Å². The Labute approximate surface area is 187 Å². The molecule has 0 atom stereocenters. The van der Waals surface area contributed by atoms with Crippen LogP contribution in [-0.4, -0.2) is 42.2 Å². The van der Waals surface area contributed by atoms with E-state index in [1.165, 1.54) is 0 Å². The van der Waals surface area contributed by atoms with E-state index in [4.69, 9.17) is 9.84 Å². The summed E-state index contributed by atoms with van der Waals surface area (Å²) in [4.78, 5) is 8.94. The predicted octanol–water partition coefficient (Wildman–Crippen LogP) is 4.53. The molecule has 0 bridgehead atoms. The molecular formula is C24H29N7O. The minimum atomic E-state index is 0.216. The minimum absolute atomic E-state index is 0.216. The lowest BCUT2D eigenvalue weighted by Crippen LogP contribution is -2.26. The van der Waals surface area contributed by atoms with Gasteiger partial charge in [-0.15, -0.1) is 0 Å². The number of fused-ring (bicyclic) bond motifs is 1. The Hall–Kier alpha value is -3.42. The van der Waals surface area contributed by atoms with Gasteiger partial charge in [0.2, 0.25) is 0 Å². The molecule has 32 heavy (non-hydrogen) atoms.